The predicted octanol–water partition coefficient (Wildman–Crippen LogP) is 3.12. The second-order valence-corrected chi connectivity index (χ2v) is 5.07. The first-order valence-electron chi connectivity index (χ1n) is 5.84. The van der Waals surface area contributed by atoms with Gasteiger partial charge >= 0.3 is 0 Å². The Balaban J connectivity index is 1.99. The lowest BCUT2D eigenvalue weighted by Gasteiger charge is -2.17. The Hall–Kier alpha value is -1.91. The molecule has 0 fully saturated rings. The molecule has 0 radical (unpaired) electrons. The molecule has 0 saturated heterocycles. The Morgan fingerprint density at radius 2 is 1.80 bits per heavy atom. The SMILES string of the molecule is O=C1C(=O)N(Cc2ccc(Cl)nc2Cl)c2ccccc21. The van der Waals surface area contributed by atoms with Gasteiger partial charge in [-0.3, -0.25) is 9.59 Å². The van der Waals surface area contributed by atoms with Gasteiger partial charge in [-0.1, -0.05) is 41.4 Å². The Morgan fingerprint density at radius 1 is 1.05 bits per heavy atom. The van der Waals surface area contributed by atoms with Crippen LogP contribution in [0.2, 0.25) is 10.3 Å². The monoisotopic (exact) mass is 306 g/mol. The summed E-state index contributed by atoms with van der Waals surface area (Å²) in [5.74, 6) is -1.06. The Morgan fingerprint density at radius 3 is 2.55 bits per heavy atom. The third-order valence-electron chi connectivity index (χ3n) is 3.10. The molecule has 4 nitrogen and oxygen atoms in total. The molecule has 1 amide bonds. The highest BCUT2D eigenvalue weighted by atomic mass is 35.5. The van der Waals surface area contributed by atoms with Crippen LogP contribution in [0, 0.1) is 0 Å². The minimum atomic E-state index is -0.558. The molecule has 1 aliphatic rings. The molecule has 0 N–H and O–H groups in total. The number of hydrogen-bond donors (Lipinski definition) is 0. The number of benzene rings is 1. The molecule has 0 spiro atoms. The summed E-state index contributed by atoms with van der Waals surface area (Å²) in [5.41, 5.74) is 1.64. The molecule has 0 bridgehead atoms. The molecule has 0 saturated carbocycles. The quantitative estimate of drug-likeness (QED) is 0.633. The third kappa shape index (κ3) is 2.07. The fraction of sp³-hybridized carbons (Fsp3) is 0.0714. The highest BCUT2D eigenvalue weighted by Gasteiger charge is 2.35. The van der Waals surface area contributed by atoms with E-state index in [-0.39, 0.29) is 16.9 Å². The smallest absolute Gasteiger partial charge is 0.299 e. The number of amides is 1. The molecule has 1 aromatic heterocycles. The lowest BCUT2D eigenvalue weighted by Crippen LogP contribution is -2.29. The van der Waals surface area contributed by atoms with Crippen molar-refractivity contribution in [3.63, 3.8) is 0 Å². The van der Waals surface area contributed by atoms with Gasteiger partial charge in [0.25, 0.3) is 11.7 Å². The van der Waals surface area contributed by atoms with Crippen LogP contribution in [0.3, 0.4) is 0 Å². The summed E-state index contributed by atoms with van der Waals surface area (Å²) in [5, 5.41) is 0.505. The lowest BCUT2D eigenvalue weighted by atomic mass is 10.1. The second-order valence-electron chi connectivity index (χ2n) is 4.32. The zero-order chi connectivity index (χ0) is 14.3. The van der Waals surface area contributed by atoms with Gasteiger partial charge in [-0.15, -0.1) is 0 Å². The molecule has 6 heteroatoms. The van der Waals surface area contributed by atoms with E-state index in [4.69, 9.17) is 23.2 Å². The predicted molar refractivity (Wildman–Crippen MR) is 76.2 cm³/mol. The van der Waals surface area contributed by atoms with Crippen molar-refractivity contribution in [2.75, 3.05) is 4.90 Å². The number of pyridine rings is 1. The average molecular weight is 307 g/mol. The first kappa shape index (κ1) is 13.1. The van der Waals surface area contributed by atoms with E-state index >= 15 is 0 Å². The number of aromatic nitrogens is 1. The molecule has 1 aliphatic heterocycles. The van der Waals surface area contributed by atoms with Crippen molar-refractivity contribution < 1.29 is 9.59 Å². The lowest BCUT2D eigenvalue weighted by molar-refractivity contribution is -0.114. The van der Waals surface area contributed by atoms with E-state index in [2.05, 4.69) is 4.98 Å². The summed E-state index contributed by atoms with van der Waals surface area (Å²) in [6.45, 7) is 0.185. The largest absolute Gasteiger partial charge is 0.300 e. The van der Waals surface area contributed by atoms with Crippen LogP contribution in [-0.2, 0) is 11.3 Å². The summed E-state index contributed by atoms with van der Waals surface area (Å²) in [6.07, 6.45) is 0. The number of anilines is 1. The van der Waals surface area contributed by atoms with Gasteiger partial charge in [-0.05, 0) is 18.2 Å². The molecule has 2 aromatic rings. The number of nitrogens with zero attached hydrogens (tertiary/aromatic N) is 2. The molecule has 0 aliphatic carbocycles. The average Bonchev–Trinajstić information content (AvgIpc) is 2.67. The summed E-state index contributed by atoms with van der Waals surface area (Å²) in [6, 6.07) is 10.2. The first-order chi connectivity index (χ1) is 9.58. The minimum Gasteiger partial charge on any atom is -0.300 e. The summed E-state index contributed by atoms with van der Waals surface area (Å²) < 4.78 is 0. The Labute approximate surface area is 124 Å². The molecule has 20 heavy (non-hydrogen) atoms. The fourth-order valence-electron chi connectivity index (χ4n) is 2.13. The maximum absolute atomic E-state index is 12.0. The van der Waals surface area contributed by atoms with Crippen molar-refractivity contribution in [1.82, 2.24) is 4.98 Å². The van der Waals surface area contributed by atoms with Crippen LogP contribution in [0.1, 0.15) is 15.9 Å². The molecular weight excluding hydrogens is 299 g/mol. The fourth-order valence-corrected chi connectivity index (χ4v) is 2.54. The second kappa shape index (κ2) is 4.89. The zero-order valence-electron chi connectivity index (χ0n) is 10.1. The molecule has 100 valence electrons. The Bertz CT molecular complexity index is 731. The van der Waals surface area contributed by atoms with Crippen LogP contribution in [0.25, 0.3) is 0 Å². The van der Waals surface area contributed by atoms with E-state index in [0.717, 1.165) is 0 Å². The van der Waals surface area contributed by atoms with Gasteiger partial charge in [0.1, 0.15) is 10.3 Å². The normalized spacial score (nSPS) is 13.8. The van der Waals surface area contributed by atoms with Crippen LogP contribution < -0.4 is 4.90 Å². The van der Waals surface area contributed by atoms with E-state index in [1.807, 2.05) is 0 Å². The number of ketones is 1. The highest BCUT2D eigenvalue weighted by Crippen LogP contribution is 2.31. The summed E-state index contributed by atoms with van der Waals surface area (Å²) in [7, 11) is 0. The topological polar surface area (TPSA) is 50.3 Å². The number of carbonyl (C=O) groups is 2. The van der Waals surface area contributed by atoms with Crippen molar-refractivity contribution in [3.8, 4) is 0 Å². The number of fused-ring (bicyclic) bond motifs is 1. The van der Waals surface area contributed by atoms with Crippen LogP contribution in [0.5, 0.6) is 0 Å². The van der Waals surface area contributed by atoms with Gasteiger partial charge in [0.2, 0.25) is 0 Å². The number of halogens is 2. The standard InChI is InChI=1S/C14H8Cl2N2O2/c15-11-6-5-8(13(16)17-11)7-18-10-4-2-1-3-9(10)12(19)14(18)20/h1-6H,7H2. The van der Waals surface area contributed by atoms with Crippen molar-refractivity contribution in [2.45, 2.75) is 6.54 Å². The number of hydrogen-bond acceptors (Lipinski definition) is 3. The van der Waals surface area contributed by atoms with Crippen LogP contribution in [0.4, 0.5) is 5.69 Å². The zero-order valence-corrected chi connectivity index (χ0v) is 11.6. The molecule has 3 rings (SSSR count). The van der Waals surface area contributed by atoms with Gasteiger partial charge in [0, 0.05) is 5.56 Å². The van der Waals surface area contributed by atoms with Crippen molar-refractivity contribution in [3.05, 3.63) is 57.8 Å². The number of para-hydroxylation sites is 1. The molecule has 0 unspecified atom stereocenters. The van der Waals surface area contributed by atoms with Crippen LogP contribution in [0.15, 0.2) is 36.4 Å². The van der Waals surface area contributed by atoms with E-state index in [1.54, 1.807) is 36.4 Å². The molecule has 2 heterocycles. The maximum atomic E-state index is 12.0. The maximum Gasteiger partial charge on any atom is 0.299 e. The van der Waals surface area contributed by atoms with E-state index < -0.39 is 11.7 Å². The number of carbonyl (C=O) groups excluding carboxylic acids is 2. The molecular formula is C14H8Cl2N2O2. The number of Topliss-reactive ketones (excluding diaryl/α,β-unsaturated/α-hetero) is 1. The van der Waals surface area contributed by atoms with E-state index in [0.29, 0.717) is 16.8 Å². The summed E-state index contributed by atoms with van der Waals surface area (Å²) in [4.78, 5) is 29.2. The van der Waals surface area contributed by atoms with Crippen molar-refractivity contribution in [1.29, 1.82) is 0 Å². The van der Waals surface area contributed by atoms with Gasteiger partial charge < -0.3 is 4.90 Å². The van der Waals surface area contributed by atoms with E-state index in [1.165, 1.54) is 4.90 Å². The first-order valence-corrected chi connectivity index (χ1v) is 6.59. The van der Waals surface area contributed by atoms with E-state index in [9.17, 15) is 9.59 Å². The molecule has 0 atom stereocenters. The Kier molecular flexibility index (Phi) is 3.20. The van der Waals surface area contributed by atoms with Gasteiger partial charge in [0.05, 0.1) is 17.8 Å². The number of rotatable bonds is 2. The molecule has 1 aromatic carbocycles. The van der Waals surface area contributed by atoms with Crippen LogP contribution >= 0.6 is 23.2 Å². The summed E-state index contributed by atoms with van der Waals surface area (Å²) >= 11 is 11.7. The van der Waals surface area contributed by atoms with Crippen LogP contribution in [-0.4, -0.2) is 16.7 Å². The minimum absolute atomic E-state index is 0.185. The van der Waals surface area contributed by atoms with Gasteiger partial charge in [0.15, 0.2) is 0 Å². The third-order valence-corrected chi connectivity index (χ3v) is 3.64. The van der Waals surface area contributed by atoms with Crippen molar-refractivity contribution in [2.24, 2.45) is 0 Å². The van der Waals surface area contributed by atoms with Crippen molar-refractivity contribution >= 4 is 40.6 Å². The van der Waals surface area contributed by atoms with Gasteiger partial charge in [-0.2, -0.15) is 0 Å². The highest BCUT2D eigenvalue weighted by molar-refractivity contribution is 6.52. The van der Waals surface area contributed by atoms with Gasteiger partial charge in [-0.25, -0.2) is 4.98 Å².